The van der Waals surface area contributed by atoms with Crippen LogP contribution in [-0.4, -0.2) is 35.2 Å². The summed E-state index contributed by atoms with van der Waals surface area (Å²) in [6.07, 6.45) is 6.20. The van der Waals surface area contributed by atoms with Crippen molar-refractivity contribution in [2.24, 2.45) is 11.8 Å². The summed E-state index contributed by atoms with van der Waals surface area (Å²) in [5.41, 5.74) is 1.08. The second-order valence-corrected chi connectivity index (χ2v) is 6.61. The van der Waals surface area contributed by atoms with Crippen molar-refractivity contribution in [2.45, 2.75) is 52.3 Å². The van der Waals surface area contributed by atoms with E-state index in [-0.39, 0.29) is 11.8 Å². The zero-order chi connectivity index (χ0) is 16.1. The summed E-state index contributed by atoms with van der Waals surface area (Å²) >= 11 is 0. The number of rotatable bonds is 6. The number of fused-ring (bicyclic) bond motifs is 1. The molecule has 23 heavy (non-hydrogen) atoms. The van der Waals surface area contributed by atoms with Crippen molar-refractivity contribution < 1.29 is 9.53 Å². The Bertz CT molecular complexity index is 521. The van der Waals surface area contributed by atoms with Gasteiger partial charge in [0, 0.05) is 12.5 Å². The molecular formula is C17H28N4O2. The van der Waals surface area contributed by atoms with Crippen LogP contribution in [0.2, 0.25) is 0 Å². The highest BCUT2D eigenvalue weighted by Gasteiger charge is 2.26. The summed E-state index contributed by atoms with van der Waals surface area (Å²) < 4.78 is 7.56. The molecule has 2 heterocycles. The quantitative estimate of drug-likeness (QED) is 0.832. The Labute approximate surface area is 138 Å². The molecule has 128 valence electrons. The van der Waals surface area contributed by atoms with Crippen molar-refractivity contribution in [3.63, 3.8) is 0 Å². The van der Waals surface area contributed by atoms with Crippen molar-refractivity contribution in [3.8, 4) is 0 Å². The number of aromatic nitrogens is 2. The van der Waals surface area contributed by atoms with Gasteiger partial charge in [-0.2, -0.15) is 0 Å². The Balaban J connectivity index is 1.44. The molecule has 2 N–H and O–H groups in total. The third-order valence-corrected chi connectivity index (χ3v) is 5.06. The molecule has 0 unspecified atom stereocenters. The molecule has 1 saturated carbocycles. The Morgan fingerprint density at radius 2 is 2.22 bits per heavy atom. The third kappa shape index (κ3) is 4.12. The molecule has 2 aliphatic rings. The number of amides is 1. The number of hydrogen-bond acceptors (Lipinski definition) is 4. The lowest BCUT2D eigenvalue weighted by Crippen LogP contribution is -2.35. The fourth-order valence-electron chi connectivity index (χ4n) is 3.60. The van der Waals surface area contributed by atoms with Gasteiger partial charge in [-0.3, -0.25) is 4.79 Å². The fourth-order valence-corrected chi connectivity index (χ4v) is 3.60. The number of carbonyl (C=O) groups is 1. The van der Waals surface area contributed by atoms with Crippen LogP contribution in [0.5, 0.6) is 0 Å². The molecule has 1 fully saturated rings. The average Bonchev–Trinajstić information content (AvgIpc) is 3.01. The number of nitrogens with zero attached hydrogens (tertiary/aromatic N) is 2. The topological polar surface area (TPSA) is 68.2 Å². The molecule has 1 aliphatic heterocycles. The molecule has 1 amide bonds. The molecule has 0 radical (unpaired) electrons. The van der Waals surface area contributed by atoms with Gasteiger partial charge < -0.3 is 19.9 Å². The molecule has 1 aliphatic carbocycles. The van der Waals surface area contributed by atoms with Gasteiger partial charge in [0.15, 0.2) is 0 Å². The summed E-state index contributed by atoms with van der Waals surface area (Å²) in [6, 6.07) is 0. The Kier molecular flexibility index (Phi) is 5.67. The lowest BCUT2D eigenvalue weighted by atomic mass is 9.81. The molecule has 1 aromatic heterocycles. The standard InChI is InChI=1S/C17H28N4O2/c1-2-18-9-13-3-5-14(6-4-13)17(22)20-11-15-10-19-16-12-23-8-7-21(15)16/h10,13-14,18H,2-9,11-12H2,1H3,(H,20,22). The van der Waals surface area contributed by atoms with E-state index in [2.05, 4.69) is 27.1 Å². The van der Waals surface area contributed by atoms with Crippen molar-refractivity contribution in [2.75, 3.05) is 19.7 Å². The summed E-state index contributed by atoms with van der Waals surface area (Å²) in [6.45, 7) is 6.96. The molecule has 6 nitrogen and oxygen atoms in total. The second-order valence-electron chi connectivity index (χ2n) is 6.61. The lowest BCUT2D eigenvalue weighted by Gasteiger charge is -2.28. The predicted octanol–water partition coefficient (Wildman–Crippen LogP) is 1.45. The van der Waals surface area contributed by atoms with Crippen LogP contribution in [0.25, 0.3) is 0 Å². The van der Waals surface area contributed by atoms with E-state index in [9.17, 15) is 4.79 Å². The van der Waals surface area contributed by atoms with Crippen LogP contribution in [0.4, 0.5) is 0 Å². The second kappa shape index (κ2) is 7.93. The molecular weight excluding hydrogens is 292 g/mol. The van der Waals surface area contributed by atoms with Crippen molar-refractivity contribution >= 4 is 5.91 Å². The highest BCUT2D eigenvalue weighted by atomic mass is 16.5. The van der Waals surface area contributed by atoms with Crippen LogP contribution < -0.4 is 10.6 Å². The first-order valence-corrected chi connectivity index (χ1v) is 8.87. The number of hydrogen-bond donors (Lipinski definition) is 2. The Morgan fingerprint density at radius 1 is 1.39 bits per heavy atom. The minimum absolute atomic E-state index is 0.181. The number of ether oxygens (including phenoxy) is 1. The first-order valence-electron chi connectivity index (χ1n) is 8.87. The number of nitrogens with one attached hydrogen (secondary N) is 2. The van der Waals surface area contributed by atoms with Crippen LogP contribution in [0, 0.1) is 11.8 Å². The van der Waals surface area contributed by atoms with E-state index in [4.69, 9.17) is 4.74 Å². The fraction of sp³-hybridized carbons (Fsp3) is 0.765. The van der Waals surface area contributed by atoms with Gasteiger partial charge in [-0.05, 0) is 44.7 Å². The Morgan fingerprint density at radius 3 is 3.00 bits per heavy atom. The SMILES string of the molecule is CCNCC1CCC(C(=O)NCc2cnc3n2CCOC3)CC1. The van der Waals surface area contributed by atoms with Crippen LogP contribution in [0.1, 0.15) is 44.1 Å². The highest BCUT2D eigenvalue weighted by Crippen LogP contribution is 2.28. The minimum atomic E-state index is 0.181. The first kappa shape index (κ1) is 16.5. The number of imidazole rings is 1. The maximum atomic E-state index is 12.4. The van der Waals surface area contributed by atoms with Gasteiger partial charge in [-0.1, -0.05) is 6.92 Å². The number of carbonyl (C=O) groups excluding carboxylic acids is 1. The molecule has 1 aromatic rings. The highest BCUT2D eigenvalue weighted by molar-refractivity contribution is 5.78. The first-order chi connectivity index (χ1) is 11.3. The molecule has 0 atom stereocenters. The van der Waals surface area contributed by atoms with Crippen LogP contribution in [0.15, 0.2) is 6.20 Å². The van der Waals surface area contributed by atoms with Gasteiger partial charge in [0.2, 0.25) is 5.91 Å². The monoisotopic (exact) mass is 320 g/mol. The van der Waals surface area contributed by atoms with Crippen molar-refractivity contribution in [1.82, 2.24) is 20.2 Å². The summed E-state index contributed by atoms with van der Waals surface area (Å²) in [5.74, 6) is 2.08. The maximum absolute atomic E-state index is 12.4. The van der Waals surface area contributed by atoms with Crippen LogP contribution in [0.3, 0.4) is 0 Å². The summed E-state index contributed by atoms with van der Waals surface area (Å²) in [7, 11) is 0. The van der Waals surface area contributed by atoms with Gasteiger partial charge in [0.25, 0.3) is 0 Å². The summed E-state index contributed by atoms with van der Waals surface area (Å²) in [5, 5.41) is 6.52. The van der Waals surface area contributed by atoms with E-state index in [1.807, 2.05) is 6.20 Å². The Hall–Kier alpha value is -1.40. The van der Waals surface area contributed by atoms with Gasteiger partial charge in [0.05, 0.1) is 25.0 Å². The predicted molar refractivity (Wildman–Crippen MR) is 87.7 cm³/mol. The minimum Gasteiger partial charge on any atom is -0.372 e. The van der Waals surface area contributed by atoms with Crippen molar-refractivity contribution in [1.29, 1.82) is 0 Å². The van der Waals surface area contributed by atoms with E-state index in [1.54, 1.807) is 0 Å². The zero-order valence-electron chi connectivity index (χ0n) is 14.0. The van der Waals surface area contributed by atoms with Crippen molar-refractivity contribution in [3.05, 3.63) is 17.7 Å². The molecule has 0 spiro atoms. The average molecular weight is 320 g/mol. The largest absolute Gasteiger partial charge is 0.372 e. The molecule has 3 rings (SSSR count). The van der Waals surface area contributed by atoms with Gasteiger partial charge in [0.1, 0.15) is 12.4 Å². The van der Waals surface area contributed by atoms with E-state index in [0.717, 1.165) is 69.4 Å². The third-order valence-electron chi connectivity index (χ3n) is 5.06. The zero-order valence-corrected chi connectivity index (χ0v) is 14.0. The van der Waals surface area contributed by atoms with E-state index < -0.39 is 0 Å². The molecule has 6 heteroatoms. The van der Waals surface area contributed by atoms with Crippen LogP contribution in [-0.2, 0) is 29.2 Å². The normalized spacial score (nSPS) is 24.2. The lowest BCUT2D eigenvalue weighted by molar-refractivity contribution is -0.126. The van der Waals surface area contributed by atoms with Crippen LogP contribution >= 0.6 is 0 Å². The van der Waals surface area contributed by atoms with Gasteiger partial charge in [-0.15, -0.1) is 0 Å². The molecule has 0 bridgehead atoms. The van der Waals surface area contributed by atoms with E-state index >= 15 is 0 Å². The molecule has 0 saturated heterocycles. The van der Waals surface area contributed by atoms with E-state index in [1.165, 1.54) is 0 Å². The van der Waals surface area contributed by atoms with Gasteiger partial charge in [-0.25, -0.2) is 4.98 Å². The maximum Gasteiger partial charge on any atom is 0.223 e. The van der Waals surface area contributed by atoms with Gasteiger partial charge >= 0.3 is 0 Å². The summed E-state index contributed by atoms with van der Waals surface area (Å²) in [4.78, 5) is 16.8. The van der Waals surface area contributed by atoms with E-state index in [0.29, 0.717) is 13.2 Å². The molecule has 0 aromatic carbocycles. The smallest absolute Gasteiger partial charge is 0.223 e.